The van der Waals surface area contributed by atoms with Crippen molar-refractivity contribution in [1.29, 1.82) is 0 Å². The second-order valence-electron chi connectivity index (χ2n) is 2.17. The Hall–Kier alpha value is 0.135. The van der Waals surface area contributed by atoms with E-state index in [0.717, 1.165) is 0 Å². The van der Waals surface area contributed by atoms with Gasteiger partial charge in [0.25, 0.3) is 0 Å². The Balaban J connectivity index is 3.59. The van der Waals surface area contributed by atoms with Crippen LogP contribution in [0, 0.1) is 0 Å². The highest BCUT2D eigenvalue weighted by molar-refractivity contribution is 7.51. The molecule has 66 valence electrons. The van der Waals surface area contributed by atoms with Crippen LogP contribution >= 0.6 is 7.60 Å². The average molecular weight is 182 g/mol. The molecular weight excluding hydrogens is 170 g/mol. The smallest absolute Gasteiger partial charge is 0.350 e. The third-order valence-corrected chi connectivity index (χ3v) is 1.62. The molecule has 5 nitrogen and oxygen atoms in total. The fourth-order valence-corrected chi connectivity index (χ4v) is 0.907. The van der Waals surface area contributed by atoms with Gasteiger partial charge in [0.1, 0.15) is 14.2 Å². The van der Waals surface area contributed by atoms with Crippen LogP contribution in [0.4, 0.5) is 0 Å². The Kier molecular flexibility index (Phi) is 4.96. The second kappa shape index (κ2) is 4.90. The Bertz CT molecular complexity index is 141. The van der Waals surface area contributed by atoms with Crippen LogP contribution in [-0.4, -0.2) is 41.8 Å². The number of ether oxygens (including phenoxy) is 1. The molecule has 7 heteroatoms. The maximum Gasteiger partial charge on any atom is 0.350 e. The van der Waals surface area contributed by atoms with Crippen molar-refractivity contribution in [2.24, 2.45) is 0 Å². The van der Waals surface area contributed by atoms with Gasteiger partial charge in [-0.1, -0.05) is 6.32 Å². The van der Waals surface area contributed by atoms with Crippen molar-refractivity contribution in [2.75, 3.05) is 13.0 Å². The minimum atomic E-state index is -4.08. The van der Waals surface area contributed by atoms with Gasteiger partial charge in [-0.05, 0) is 0 Å². The monoisotopic (exact) mass is 182 g/mol. The third kappa shape index (κ3) is 6.53. The highest BCUT2D eigenvalue weighted by Crippen LogP contribution is 2.34. The van der Waals surface area contributed by atoms with Gasteiger partial charge < -0.3 is 19.6 Å². The minimum absolute atomic E-state index is 0.212. The first kappa shape index (κ1) is 11.1. The summed E-state index contributed by atoms with van der Waals surface area (Å²) in [6.45, 7) is -0.212. The molecule has 0 aromatic carbocycles. The van der Waals surface area contributed by atoms with Crippen molar-refractivity contribution in [3.05, 3.63) is 0 Å². The fourth-order valence-electron chi connectivity index (χ4n) is 0.502. The van der Waals surface area contributed by atoms with Crippen LogP contribution in [0.2, 0.25) is 6.32 Å². The first-order chi connectivity index (χ1) is 4.99. The van der Waals surface area contributed by atoms with Crippen molar-refractivity contribution in [1.82, 2.24) is 0 Å². The van der Waals surface area contributed by atoms with Crippen LogP contribution < -0.4 is 0 Å². The molecule has 0 aromatic heterocycles. The predicted molar refractivity (Wildman–Crippen MR) is 42.2 cm³/mol. The fraction of sp³-hybridized carbons (Fsp3) is 1.00. The first-order valence-electron chi connectivity index (χ1n) is 3.26. The lowest BCUT2D eigenvalue weighted by Crippen LogP contribution is -2.17. The molecule has 0 heterocycles. The van der Waals surface area contributed by atoms with E-state index in [9.17, 15) is 4.57 Å². The summed E-state index contributed by atoms with van der Waals surface area (Å²) >= 11 is 0. The lowest BCUT2D eigenvalue weighted by molar-refractivity contribution is 0.0432. The molecule has 0 aliphatic carbocycles. The standard InChI is InChI=1S/C4H12BO5P/c5-1-4(2-6)10-3-11(7,8)9/h4,6H,1-3,5H2,(H2,7,8,9)/t4-/m0/s1. The van der Waals surface area contributed by atoms with E-state index in [1.165, 1.54) is 0 Å². The summed E-state index contributed by atoms with van der Waals surface area (Å²) < 4.78 is 14.9. The van der Waals surface area contributed by atoms with Gasteiger partial charge in [0, 0.05) is 0 Å². The number of hydrogen-bond donors (Lipinski definition) is 3. The van der Waals surface area contributed by atoms with Crippen LogP contribution in [0.15, 0.2) is 0 Å². The highest BCUT2D eigenvalue weighted by Gasteiger charge is 2.15. The molecule has 3 N–H and O–H groups in total. The SMILES string of the molecule is BC[C@@H](CO)OCP(=O)(O)O. The topological polar surface area (TPSA) is 87.0 Å². The van der Waals surface area contributed by atoms with Gasteiger partial charge in [0.05, 0.1) is 12.7 Å². The normalized spacial score (nSPS) is 14.8. The van der Waals surface area contributed by atoms with Gasteiger partial charge in [-0.25, -0.2) is 0 Å². The van der Waals surface area contributed by atoms with Crippen molar-refractivity contribution >= 4 is 15.4 Å². The maximum atomic E-state index is 10.3. The van der Waals surface area contributed by atoms with Gasteiger partial charge in [0.2, 0.25) is 0 Å². The van der Waals surface area contributed by atoms with E-state index in [2.05, 4.69) is 0 Å². The van der Waals surface area contributed by atoms with E-state index in [1.54, 1.807) is 7.85 Å². The molecule has 0 saturated heterocycles. The quantitative estimate of drug-likeness (QED) is 0.357. The minimum Gasteiger partial charge on any atom is -0.394 e. The van der Waals surface area contributed by atoms with Crippen molar-refractivity contribution in [3.8, 4) is 0 Å². The third-order valence-electron chi connectivity index (χ3n) is 1.14. The molecule has 0 unspecified atom stereocenters. The molecule has 0 aromatic rings. The number of aliphatic hydroxyl groups is 1. The van der Waals surface area contributed by atoms with Crippen LogP contribution in [-0.2, 0) is 9.30 Å². The molecule has 0 radical (unpaired) electrons. The van der Waals surface area contributed by atoms with Gasteiger partial charge in [-0.3, -0.25) is 4.57 Å². The molecule has 0 rings (SSSR count). The van der Waals surface area contributed by atoms with Gasteiger partial charge in [-0.2, -0.15) is 0 Å². The van der Waals surface area contributed by atoms with Gasteiger partial charge in [0.15, 0.2) is 0 Å². The highest BCUT2D eigenvalue weighted by atomic mass is 31.2. The van der Waals surface area contributed by atoms with Crippen molar-refractivity contribution in [3.63, 3.8) is 0 Å². The molecule has 0 saturated carbocycles. The Labute approximate surface area is 65.9 Å². The lowest BCUT2D eigenvalue weighted by Gasteiger charge is -2.13. The summed E-state index contributed by atoms with van der Waals surface area (Å²) in [5, 5.41) is 8.54. The summed E-state index contributed by atoms with van der Waals surface area (Å²) in [5.74, 6) is 0. The van der Waals surface area contributed by atoms with Crippen LogP contribution in [0.3, 0.4) is 0 Å². The zero-order valence-electron chi connectivity index (χ0n) is 6.30. The van der Waals surface area contributed by atoms with Crippen molar-refractivity contribution < 1.29 is 24.2 Å². The van der Waals surface area contributed by atoms with E-state index < -0.39 is 20.0 Å². The predicted octanol–water partition coefficient (Wildman–Crippen LogP) is -1.45. The Morgan fingerprint density at radius 1 is 1.55 bits per heavy atom. The van der Waals surface area contributed by atoms with E-state index >= 15 is 0 Å². The second-order valence-corrected chi connectivity index (χ2v) is 3.76. The summed E-state index contributed by atoms with van der Waals surface area (Å²) in [6, 6.07) is 0. The van der Waals surface area contributed by atoms with E-state index in [0.29, 0.717) is 6.32 Å². The molecule has 0 aliphatic heterocycles. The zero-order chi connectivity index (χ0) is 8.91. The molecule has 1 atom stereocenters. The number of hydrogen-bond acceptors (Lipinski definition) is 3. The Morgan fingerprint density at radius 2 is 2.09 bits per heavy atom. The van der Waals surface area contributed by atoms with E-state index in [4.69, 9.17) is 19.6 Å². The zero-order valence-corrected chi connectivity index (χ0v) is 7.20. The molecule has 0 aliphatic rings. The molecule has 11 heavy (non-hydrogen) atoms. The van der Waals surface area contributed by atoms with Gasteiger partial charge >= 0.3 is 7.60 Å². The molecule has 0 bridgehead atoms. The Morgan fingerprint density at radius 3 is 2.36 bits per heavy atom. The number of aliphatic hydroxyl groups excluding tert-OH is 1. The van der Waals surface area contributed by atoms with Crippen LogP contribution in [0.1, 0.15) is 0 Å². The van der Waals surface area contributed by atoms with Crippen LogP contribution in [0.25, 0.3) is 0 Å². The first-order valence-corrected chi connectivity index (χ1v) is 5.06. The van der Waals surface area contributed by atoms with Crippen LogP contribution in [0.5, 0.6) is 0 Å². The van der Waals surface area contributed by atoms with E-state index in [1.807, 2.05) is 0 Å². The van der Waals surface area contributed by atoms with Gasteiger partial charge in [-0.15, -0.1) is 0 Å². The molecule has 0 amide bonds. The summed E-state index contributed by atoms with van der Waals surface area (Å²) in [5.41, 5.74) is 0. The molecular formula is C4H12BO5P. The summed E-state index contributed by atoms with van der Waals surface area (Å²) in [7, 11) is -2.31. The summed E-state index contributed by atoms with van der Waals surface area (Å²) in [6.07, 6.45) is -0.551. The summed E-state index contributed by atoms with van der Waals surface area (Å²) in [4.78, 5) is 16.7. The molecule has 0 fully saturated rings. The average Bonchev–Trinajstić information content (AvgIpc) is 1.88. The van der Waals surface area contributed by atoms with Crippen molar-refractivity contribution in [2.45, 2.75) is 12.4 Å². The molecule has 0 spiro atoms. The van der Waals surface area contributed by atoms with E-state index in [-0.39, 0.29) is 6.61 Å². The largest absolute Gasteiger partial charge is 0.394 e. The lowest BCUT2D eigenvalue weighted by atomic mass is 10.0. The maximum absolute atomic E-state index is 10.3. The number of rotatable bonds is 5.